The van der Waals surface area contributed by atoms with Crippen molar-refractivity contribution in [2.75, 3.05) is 19.6 Å². The van der Waals surface area contributed by atoms with Crippen LogP contribution in [0, 0.1) is 12.8 Å². The minimum absolute atomic E-state index is 0.0282. The number of carbonyl (C=O) groups excluding carboxylic acids is 1. The lowest BCUT2D eigenvalue weighted by Crippen LogP contribution is -2.45. The molecule has 5 heteroatoms. The van der Waals surface area contributed by atoms with Crippen molar-refractivity contribution in [3.05, 3.63) is 34.0 Å². The van der Waals surface area contributed by atoms with Gasteiger partial charge in [0.05, 0.1) is 0 Å². The zero-order valence-corrected chi connectivity index (χ0v) is 15.6. The molecule has 0 unspecified atom stereocenters. The molecule has 24 heavy (non-hydrogen) atoms. The van der Waals surface area contributed by atoms with E-state index < -0.39 is 0 Å². The number of piperidine rings is 1. The third-order valence-corrected chi connectivity index (χ3v) is 5.76. The number of amides is 1. The molecule has 4 rings (SSSR count). The summed E-state index contributed by atoms with van der Waals surface area (Å²) in [6.07, 6.45) is 4.82. The van der Waals surface area contributed by atoms with E-state index in [9.17, 15) is 4.79 Å². The number of aryl methyl sites for hydroxylation is 1. The van der Waals surface area contributed by atoms with Gasteiger partial charge >= 0.3 is 0 Å². The third-order valence-electron chi connectivity index (χ3n) is 5.27. The normalized spacial score (nSPS) is 19.2. The summed E-state index contributed by atoms with van der Waals surface area (Å²) >= 11 is 3.48. The molecule has 1 saturated heterocycles. The van der Waals surface area contributed by atoms with Gasteiger partial charge in [-0.05, 0) is 63.3 Å². The molecule has 1 N–H and O–H groups in total. The molecule has 0 bridgehead atoms. The van der Waals surface area contributed by atoms with Gasteiger partial charge in [0.1, 0.15) is 5.58 Å². The Morgan fingerprint density at radius 2 is 2.04 bits per heavy atom. The summed E-state index contributed by atoms with van der Waals surface area (Å²) < 4.78 is 6.86. The Balaban J connectivity index is 1.43. The van der Waals surface area contributed by atoms with Gasteiger partial charge < -0.3 is 14.6 Å². The molecule has 1 amide bonds. The zero-order chi connectivity index (χ0) is 16.7. The van der Waals surface area contributed by atoms with E-state index in [-0.39, 0.29) is 5.91 Å². The molecule has 0 radical (unpaired) electrons. The summed E-state index contributed by atoms with van der Waals surface area (Å²) in [6.45, 7) is 4.73. The minimum atomic E-state index is 0.0282. The molecule has 2 heterocycles. The van der Waals surface area contributed by atoms with E-state index in [4.69, 9.17) is 4.42 Å². The second kappa shape index (κ2) is 6.52. The van der Waals surface area contributed by atoms with Crippen molar-refractivity contribution in [3.63, 3.8) is 0 Å². The number of nitrogens with one attached hydrogen (secondary N) is 1. The van der Waals surface area contributed by atoms with E-state index in [0.29, 0.717) is 11.8 Å². The highest BCUT2D eigenvalue weighted by molar-refractivity contribution is 9.10. The van der Waals surface area contributed by atoms with Crippen molar-refractivity contribution >= 4 is 32.8 Å². The van der Waals surface area contributed by atoms with Gasteiger partial charge in [-0.2, -0.15) is 0 Å². The van der Waals surface area contributed by atoms with Crippen LogP contribution in [0.15, 0.2) is 27.1 Å². The Morgan fingerprint density at radius 1 is 1.29 bits per heavy atom. The lowest BCUT2D eigenvalue weighted by molar-refractivity contribution is 0.0674. The van der Waals surface area contributed by atoms with E-state index >= 15 is 0 Å². The van der Waals surface area contributed by atoms with Crippen molar-refractivity contribution in [3.8, 4) is 0 Å². The summed E-state index contributed by atoms with van der Waals surface area (Å²) in [5, 5.41) is 4.66. The Labute approximate surface area is 150 Å². The van der Waals surface area contributed by atoms with Gasteiger partial charge in [0, 0.05) is 34.6 Å². The van der Waals surface area contributed by atoms with Gasteiger partial charge in [0.25, 0.3) is 5.91 Å². The van der Waals surface area contributed by atoms with Gasteiger partial charge in [0.2, 0.25) is 0 Å². The van der Waals surface area contributed by atoms with Crippen LogP contribution in [0.2, 0.25) is 0 Å². The molecule has 128 valence electrons. The van der Waals surface area contributed by atoms with Crippen LogP contribution >= 0.6 is 15.9 Å². The van der Waals surface area contributed by atoms with Crippen molar-refractivity contribution in [2.24, 2.45) is 5.92 Å². The number of rotatable bonds is 4. The average molecular weight is 391 g/mol. The highest BCUT2D eigenvalue weighted by Gasteiger charge is 2.28. The van der Waals surface area contributed by atoms with Gasteiger partial charge in [-0.3, -0.25) is 4.79 Å². The molecule has 2 aromatic rings. The number of hydrogen-bond acceptors (Lipinski definition) is 3. The number of halogens is 1. The number of furan rings is 1. The van der Waals surface area contributed by atoms with Crippen LogP contribution in [0.3, 0.4) is 0 Å². The number of likely N-dealkylation sites (tertiary alicyclic amines) is 1. The molecule has 0 spiro atoms. The second-order valence-corrected chi connectivity index (χ2v) is 8.03. The number of fused-ring (bicyclic) bond motifs is 1. The molecular formula is C19H23BrN2O2. The number of hydrogen-bond donors (Lipinski definition) is 1. The van der Waals surface area contributed by atoms with Gasteiger partial charge in [-0.25, -0.2) is 0 Å². The summed E-state index contributed by atoms with van der Waals surface area (Å²) in [4.78, 5) is 14.8. The quantitative estimate of drug-likeness (QED) is 0.854. The van der Waals surface area contributed by atoms with Gasteiger partial charge in [-0.1, -0.05) is 15.9 Å². The van der Waals surface area contributed by atoms with Crippen molar-refractivity contribution in [1.82, 2.24) is 10.2 Å². The second-order valence-electron chi connectivity index (χ2n) is 7.11. The highest BCUT2D eigenvalue weighted by atomic mass is 79.9. The molecule has 1 aromatic heterocycles. The highest BCUT2D eigenvalue weighted by Crippen LogP contribution is 2.30. The first-order valence-corrected chi connectivity index (χ1v) is 9.62. The van der Waals surface area contributed by atoms with E-state index in [1.807, 2.05) is 30.0 Å². The maximum atomic E-state index is 12.9. The third kappa shape index (κ3) is 3.24. The number of carbonyl (C=O) groups is 1. The molecule has 2 aliphatic rings. The number of benzene rings is 1. The topological polar surface area (TPSA) is 45.5 Å². The SMILES string of the molecule is Cc1c(C(=O)N2CCC(NCC3CC3)CC2)oc2ccc(Br)cc12. The molecular weight excluding hydrogens is 368 g/mol. The van der Waals surface area contributed by atoms with Crippen molar-refractivity contribution < 1.29 is 9.21 Å². The summed E-state index contributed by atoms with van der Waals surface area (Å²) in [5.41, 5.74) is 1.71. The fraction of sp³-hybridized carbons (Fsp3) is 0.526. The lowest BCUT2D eigenvalue weighted by Gasteiger charge is -2.32. The van der Waals surface area contributed by atoms with Crippen LogP contribution in [0.5, 0.6) is 0 Å². The summed E-state index contributed by atoms with van der Waals surface area (Å²) in [5.74, 6) is 1.43. The van der Waals surface area contributed by atoms with E-state index in [1.165, 1.54) is 12.8 Å². The van der Waals surface area contributed by atoms with E-state index in [2.05, 4.69) is 21.2 Å². The van der Waals surface area contributed by atoms with Crippen LogP contribution in [0.25, 0.3) is 11.0 Å². The first kappa shape index (κ1) is 16.2. The van der Waals surface area contributed by atoms with E-state index in [1.54, 1.807) is 0 Å². The largest absolute Gasteiger partial charge is 0.451 e. The minimum Gasteiger partial charge on any atom is -0.451 e. The van der Waals surface area contributed by atoms with Crippen molar-refractivity contribution in [2.45, 2.75) is 38.6 Å². The van der Waals surface area contributed by atoms with Crippen molar-refractivity contribution in [1.29, 1.82) is 0 Å². The van der Waals surface area contributed by atoms with Crippen LogP contribution < -0.4 is 5.32 Å². The Kier molecular flexibility index (Phi) is 4.39. The van der Waals surface area contributed by atoms with Gasteiger partial charge in [-0.15, -0.1) is 0 Å². The fourth-order valence-corrected chi connectivity index (χ4v) is 3.84. The summed E-state index contributed by atoms with van der Waals surface area (Å²) in [7, 11) is 0. The standard InChI is InChI=1S/C19H23BrN2O2/c1-12-16-10-14(20)4-5-17(16)24-18(12)19(23)22-8-6-15(7-9-22)21-11-13-2-3-13/h4-5,10,13,15,21H,2-3,6-9,11H2,1H3. The zero-order valence-electron chi connectivity index (χ0n) is 14.0. The molecule has 0 atom stereocenters. The van der Waals surface area contributed by atoms with Crippen LogP contribution in [-0.4, -0.2) is 36.5 Å². The Bertz CT molecular complexity index is 758. The summed E-state index contributed by atoms with van der Waals surface area (Å²) in [6, 6.07) is 6.43. The predicted molar refractivity (Wildman–Crippen MR) is 98.3 cm³/mol. The average Bonchev–Trinajstić information content (AvgIpc) is 3.37. The fourth-order valence-electron chi connectivity index (χ4n) is 3.48. The molecule has 1 aliphatic heterocycles. The van der Waals surface area contributed by atoms with Crippen LogP contribution in [-0.2, 0) is 0 Å². The first-order valence-electron chi connectivity index (χ1n) is 8.83. The van der Waals surface area contributed by atoms with Crippen LogP contribution in [0.1, 0.15) is 41.8 Å². The Morgan fingerprint density at radius 3 is 2.75 bits per heavy atom. The predicted octanol–water partition coefficient (Wildman–Crippen LogP) is 4.11. The maximum absolute atomic E-state index is 12.9. The lowest BCUT2D eigenvalue weighted by atomic mass is 10.0. The smallest absolute Gasteiger partial charge is 0.289 e. The Hall–Kier alpha value is -1.33. The molecule has 2 fully saturated rings. The number of nitrogens with zero attached hydrogens (tertiary/aromatic N) is 1. The van der Waals surface area contributed by atoms with Gasteiger partial charge in [0.15, 0.2) is 5.76 Å². The molecule has 1 saturated carbocycles. The molecule has 1 aromatic carbocycles. The monoisotopic (exact) mass is 390 g/mol. The van der Waals surface area contributed by atoms with Crippen LogP contribution in [0.4, 0.5) is 0 Å². The maximum Gasteiger partial charge on any atom is 0.289 e. The molecule has 1 aliphatic carbocycles. The molecule has 4 nitrogen and oxygen atoms in total. The van der Waals surface area contributed by atoms with E-state index in [0.717, 1.165) is 59.4 Å². The first-order chi connectivity index (χ1) is 11.6.